The molecule has 0 spiro atoms. The SMILES string of the molecule is COc1ccc(Nc2ncnc(NCc3ccc(C)cc3)c2N)cc1. The first-order valence-electron chi connectivity index (χ1n) is 7.96. The van der Waals surface area contributed by atoms with Gasteiger partial charge in [0.25, 0.3) is 0 Å². The van der Waals surface area contributed by atoms with Gasteiger partial charge in [-0.1, -0.05) is 29.8 Å². The number of nitrogens with one attached hydrogen (secondary N) is 2. The maximum absolute atomic E-state index is 6.20. The van der Waals surface area contributed by atoms with Gasteiger partial charge in [-0.25, -0.2) is 9.97 Å². The van der Waals surface area contributed by atoms with Crippen LogP contribution in [0.3, 0.4) is 0 Å². The van der Waals surface area contributed by atoms with Crippen LogP contribution in [0.4, 0.5) is 23.0 Å². The zero-order valence-corrected chi connectivity index (χ0v) is 14.3. The second-order valence-corrected chi connectivity index (χ2v) is 5.68. The lowest BCUT2D eigenvalue weighted by atomic mass is 10.1. The fourth-order valence-electron chi connectivity index (χ4n) is 2.34. The van der Waals surface area contributed by atoms with E-state index in [-0.39, 0.29) is 0 Å². The second-order valence-electron chi connectivity index (χ2n) is 5.68. The molecule has 6 heteroatoms. The summed E-state index contributed by atoms with van der Waals surface area (Å²) in [6.45, 7) is 2.71. The van der Waals surface area contributed by atoms with Gasteiger partial charge < -0.3 is 21.1 Å². The Labute approximate surface area is 147 Å². The first-order valence-corrected chi connectivity index (χ1v) is 7.96. The zero-order chi connectivity index (χ0) is 17.6. The highest BCUT2D eigenvalue weighted by Gasteiger charge is 2.08. The number of nitrogens with two attached hydrogens (primary N) is 1. The largest absolute Gasteiger partial charge is 0.497 e. The number of rotatable bonds is 6. The van der Waals surface area contributed by atoms with Gasteiger partial charge >= 0.3 is 0 Å². The summed E-state index contributed by atoms with van der Waals surface area (Å²) in [6.07, 6.45) is 1.49. The summed E-state index contributed by atoms with van der Waals surface area (Å²) in [6, 6.07) is 15.9. The lowest BCUT2D eigenvalue weighted by Gasteiger charge is -2.13. The van der Waals surface area contributed by atoms with Gasteiger partial charge in [0.2, 0.25) is 0 Å². The Morgan fingerprint density at radius 3 is 2.32 bits per heavy atom. The number of methoxy groups -OCH3 is 1. The van der Waals surface area contributed by atoms with Crippen LogP contribution < -0.4 is 21.1 Å². The van der Waals surface area contributed by atoms with Crippen molar-refractivity contribution in [2.75, 3.05) is 23.5 Å². The van der Waals surface area contributed by atoms with Gasteiger partial charge in [-0.3, -0.25) is 0 Å². The molecule has 1 heterocycles. The molecule has 0 fully saturated rings. The molecule has 25 heavy (non-hydrogen) atoms. The molecule has 0 atom stereocenters. The number of hydrogen-bond donors (Lipinski definition) is 3. The van der Waals surface area contributed by atoms with Crippen LogP contribution in [0.15, 0.2) is 54.9 Å². The Kier molecular flexibility index (Phi) is 4.99. The van der Waals surface area contributed by atoms with E-state index in [1.165, 1.54) is 11.9 Å². The van der Waals surface area contributed by atoms with Crippen molar-refractivity contribution >= 4 is 23.0 Å². The minimum absolute atomic E-state index is 0.477. The van der Waals surface area contributed by atoms with E-state index in [0.717, 1.165) is 17.0 Å². The second kappa shape index (κ2) is 7.53. The van der Waals surface area contributed by atoms with Crippen LogP contribution in [0.5, 0.6) is 5.75 Å². The average Bonchev–Trinajstić information content (AvgIpc) is 2.64. The predicted molar refractivity (Wildman–Crippen MR) is 101 cm³/mol. The highest BCUT2D eigenvalue weighted by atomic mass is 16.5. The molecule has 0 aliphatic heterocycles. The number of hydrogen-bond acceptors (Lipinski definition) is 6. The number of ether oxygens (including phenoxy) is 1. The van der Waals surface area contributed by atoms with Crippen molar-refractivity contribution in [1.29, 1.82) is 0 Å². The van der Waals surface area contributed by atoms with Gasteiger partial charge in [0.05, 0.1) is 7.11 Å². The van der Waals surface area contributed by atoms with Crippen LogP contribution in [0.2, 0.25) is 0 Å². The molecule has 0 saturated heterocycles. The summed E-state index contributed by atoms with van der Waals surface area (Å²) >= 11 is 0. The van der Waals surface area contributed by atoms with Crippen LogP contribution in [0, 0.1) is 6.92 Å². The number of anilines is 4. The summed E-state index contributed by atoms with van der Waals surface area (Å²) in [5.41, 5.74) is 9.94. The Hall–Kier alpha value is -3.28. The number of aromatic nitrogens is 2. The summed E-state index contributed by atoms with van der Waals surface area (Å²) in [5, 5.41) is 6.45. The minimum Gasteiger partial charge on any atom is -0.497 e. The summed E-state index contributed by atoms with van der Waals surface area (Å²) in [5.74, 6) is 1.96. The van der Waals surface area contributed by atoms with E-state index in [1.54, 1.807) is 7.11 Å². The van der Waals surface area contributed by atoms with Crippen molar-refractivity contribution in [3.63, 3.8) is 0 Å². The Balaban J connectivity index is 1.71. The van der Waals surface area contributed by atoms with Crippen molar-refractivity contribution in [2.45, 2.75) is 13.5 Å². The van der Waals surface area contributed by atoms with Gasteiger partial charge in [-0.15, -0.1) is 0 Å². The predicted octanol–water partition coefficient (Wildman–Crippen LogP) is 3.73. The number of aryl methyl sites for hydroxylation is 1. The van der Waals surface area contributed by atoms with Crippen LogP contribution in [-0.2, 0) is 6.54 Å². The van der Waals surface area contributed by atoms with E-state index in [0.29, 0.717) is 23.9 Å². The summed E-state index contributed by atoms with van der Waals surface area (Å²) in [7, 11) is 1.64. The van der Waals surface area contributed by atoms with Gasteiger partial charge in [0.1, 0.15) is 17.8 Å². The number of nitrogens with zero attached hydrogens (tertiary/aromatic N) is 2. The average molecular weight is 335 g/mol. The first kappa shape index (κ1) is 16.6. The van der Waals surface area contributed by atoms with Crippen molar-refractivity contribution < 1.29 is 4.74 Å². The summed E-state index contributed by atoms with van der Waals surface area (Å²) < 4.78 is 5.16. The molecule has 0 saturated carbocycles. The molecule has 1 aromatic heterocycles. The molecule has 2 aromatic carbocycles. The third-order valence-electron chi connectivity index (χ3n) is 3.82. The van der Waals surface area contributed by atoms with E-state index in [4.69, 9.17) is 10.5 Å². The molecule has 0 aliphatic carbocycles. The van der Waals surface area contributed by atoms with Crippen molar-refractivity contribution in [1.82, 2.24) is 9.97 Å². The third-order valence-corrected chi connectivity index (χ3v) is 3.82. The quantitative estimate of drug-likeness (QED) is 0.636. The maximum atomic E-state index is 6.20. The van der Waals surface area contributed by atoms with Gasteiger partial charge in [0, 0.05) is 12.2 Å². The monoisotopic (exact) mass is 335 g/mol. The van der Waals surface area contributed by atoms with E-state index in [9.17, 15) is 0 Å². The van der Waals surface area contributed by atoms with E-state index < -0.39 is 0 Å². The molecule has 0 aliphatic rings. The highest BCUT2D eigenvalue weighted by molar-refractivity contribution is 5.77. The van der Waals surface area contributed by atoms with E-state index in [2.05, 4.69) is 51.8 Å². The van der Waals surface area contributed by atoms with Gasteiger partial charge in [-0.05, 0) is 36.8 Å². The minimum atomic E-state index is 0.477. The van der Waals surface area contributed by atoms with Gasteiger partial charge in [0.15, 0.2) is 11.6 Å². The van der Waals surface area contributed by atoms with Crippen LogP contribution in [0.1, 0.15) is 11.1 Å². The molecule has 3 aromatic rings. The molecule has 0 radical (unpaired) electrons. The van der Waals surface area contributed by atoms with E-state index >= 15 is 0 Å². The molecule has 6 nitrogen and oxygen atoms in total. The molecule has 0 bridgehead atoms. The number of benzene rings is 2. The van der Waals surface area contributed by atoms with Crippen molar-refractivity contribution in [3.05, 3.63) is 66.0 Å². The van der Waals surface area contributed by atoms with Crippen LogP contribution in [-0.4, -0.2) is 17.1 Å². The lowest BCUT2D eigenvalue weighted by molar-refractivity contribution is 0.415. The van der Waals surface area contributed by atoms with Crippen LogP contribution >= 0.6 is 0 Å². The molecule has 4 N–H and O–H groups in total. The van der Waals surface area contributed by atoms with Crippen molar-refractivity contribution in [2.24, 2.45) is 0 Å². The molecule has 0 amide bonds. The Bertz CT molecular complexity index is 831. The molecule has 3 rings (SSSR count). The van der Waals surface area contributed by atoms with Crippen LogP contribution in [0.25, 0.3) is 0 Å². The fourth-order valence-corrected chi connectivity index (χ4v) is 2.34. The maximum Gasteiger partial charge on any atom is 0.159 e. The van der Waals surface area contributed by atoms with E-state index in [1.807, 2.05) is 24.3 Å². The topological polar surface area (TPSA) is 85.1 Å². The standard InChI is InChI=1S/C19H21N5O/c1-13-3-5-14(6-4-13)11-21-18-17(20)19(23-12-22-18)24-15-7-9-16(25-2)10-8-15/h3-10,12H,11,20H2,1-2H3,(H2,21,22,23,24). The molecular weight excluding hydrogens is 314 g/mol. The summed E-state index contributed by atoms with van der Waals surface area (Å²) in [4.78, 5) is 8.46. The molecule has 128 valence electrons. The first-order chi connectivity index (χ1) is 12.2. The number of nitrogen functional groups attached to an aromatic ring is 1. The lowest BCUT2D eigenvalue weighted by Crippen LogP contribution is -2.08. The third kappa shape index (κ3) is 4.17. The smallest absolute Gasteiger partial charge is 0.159 e. The Morgan fingerprint density at radius 2 is 1.64 bits per heavy atom. The highest BCUT2D eigenvalue weighted by Crippen LogP contribution is 2.27. The van der Waals surface area contributed by atoms with Gasteiger partial charge in [-0.2, -0.15) is 0 Å². The molecule has 0 unspecified atom stereocenters. The Morgan fingerprint density at radius 1 is 0.960 bits per heavy atom. The zero-order valence-electron chi connectivity index (χ0n) is 14.3. The fraction of sp³-hybridized carbons (Fsp3) is 0.158. The molecular formula is C19H21N5O. The normalized spacial score (nSPS) is 10.3. The van der Waals surface area contributed by atoms with Crippen molar-refractivity contribution in [3.8, 4) is 5.75 Å².